The molecule has 1 aromatic carbocycles. The highest BCUT2D eigenvalue weighted by Gasteiger charge is 2.27. The first-order chi connectivity index (χ1) is 8.31. The van der Waals surface area contributed by atoms with Crippen molar-refractivity contribution in [2.45, 2.75) is 31.4 Å². The lowest BCUT2D eigenvalue weighted by Crippen LogP contribution is -2.45. The Kier molecular flexibility index (Phi) is 4.40. The summed E-state index contributed by atoms with van der Waals surface area (Å²) in [4.78, 5) is 0. The predicted octanol–water partition coefficient (Wildman–Crippen LogP) is 2.00. The molecule has 0 radical (unpaired) electrons. The highest BCUT2D eigenvalue weighted by atomic mass is 16.5. The Bertz CT molecular complexity index is 348. The molecule has 0 bridgehead atoms. The van der Waals surface area contributed by atoms with Crippen LogP contribution < -0.4 is 10.1 Å². The number of nitrogens with one attached hydrogen (secondary N) is 1. The lowest BCUT2D eigenvalue weighted by molar-refractivity contribution is 0.0177. The fourth-order valence-corrected chi connectivity index (χ4v) is 2.17. The SMILES string of the molecule is COc1cccc(CCNC2CC(OC)C2)c1. The van der Waals surface area contributed by atoms with Gasteiger partial charge < -0.3 is 14.8 Å². The van der Waals surface area contributed by atoms with Gasteiger partial charge in [0.1, 0.15) is 5.75 Å². The Morgan fingerprint density at radius 2 is 2.12 bits per heavy atom. The first-order valence-corrected chi connectivity index (χ1v) is 6.21. The van der Waals surface area contributed by atoms with E-state index in [9.17, 15) is 0 Å². The Morgan fingerprint density at radius 3 is 2.82 bits per heavy atom. The maximum Gasteiger partial charge on any atom is 0.119 e. The fourth-order valence-electron chi connectivity index (χ4n) is 2.17. The molecule has 0 aromatic heterocycles. The summed E-state index contributed by atoms with van der Waals surface area (Å²) in [7, 11) is 3.49. The third-order valence-corrected chi connectivity index (χ3v) is 3.41. The maximum absolute atomic E-state index is 5.25. The van der Waals surface area contributed by atoms with Crippen LogP contribution in [0.2, 0.25) is 0 Å². The zero-order valence-corrected chi connectivity index (χ0v) is 10.6. The molecule has 1 fully saturated rings. The van der Waals surface area contributed by atoms with Crippen LogP contribution in [0.3, 0.4) is 0 Å². The molecule has 94 valence electrons. The highest BCUT2D eigenvalue weighted by molar-refractivity contribution is 5.28. The highest BCUT2D eigenvalue weighted by Crippen LogP contribution is 2.22. The van der Waals surface area contributed by atoms with E-state index in [1.807, 2.05) is 12.1 Å². The van der Waals surface area contributed by atoms with Crippen LogP contribution in [-0.2, 0) is 11.2 Å². The second kappa shape index (κ2) is 6.03. The monoisotopic (exact) mass is 235 g/mol. The quantitative estimate of drug-likeness (QED) is 0.818. The van der Waals surface area contributed by atoms with Crippen molar-refractivity contribution in [2.75, 3.05) is 20.8 Å². The standard InChI is InChI=1S/C14H21NO2/c1-16-13-5-3-4-11(8-13)6-7-15-12-9-14(10-12)17-2/h3-5,8,12,14-15H,6-7,9-10H2,1-2H3. The molecule has 1 aliphatic rings. The van der Waals surface area contributed by atoms with Crippen molar-refractivity contribution in [1.82, 2.24) is 5.32 Å². The van der Waals surface area contributed by atoms with Crippen LogP contribution in [0, 0.1) is 0 Å². The number of hydrogen-bond acceptors (Lipinski definition) is 3. The van der Waals surface area contributed by atoms with E-state index in [-0.39, 0.29) is 0 Å². The van der Waals surface area contributed by atoms with E-state index in [1.165, 1.54) is 5.56 Å². The van der Waals surface area contributed by atoms with Crippen LogP contribution in [0.15, 0.2) is 24.3 Å². The Labute approximate surface area is 103 Å². The van der Waals surface area contributed by atoms with Crippen LogP contribution in [0.4, 0.5) is 0 Å². The summed E-state index contributed by atoms with van der Waals surface area (Å²) in [6.07, 6.45) is 3.82. The van der Waals surface area contributed by atoms with Gasteiger partial charge in [0.05, 0.1) is 13.2 Å². The van der Waals surface area contributed by atoms with Crippen LogP contribution in [0.1, 0.15) is 18.4 Å². The van der Waals surface area contributed by atoms with Gasteiger partial charge in [-0.1, -0.05) is 12.1 Å². The zero-order chi connectivity index (χ0) is 12.1. The summed E-state index contributed by atoms with van der Waals surface area (Å²) >= 11 is 0. The molecular formula is C14H21NO2. The molecular weight excluding hydrogens is 214 g/mol. The molecule has 3 nitrogen and oxygen atoms in total. The van der Waals surface area contributed by atoms with E-state index < -0.39 is 0 Å². The second-order valence-corrected chi connectivity index (χ2v) is 4.58. The van der Waals surface area contributed by atoms with E-state index in [4.69, 9.17) is 9.47 Å². The summed E-state index contributed by atoms with van der Waals surface area (Å²) in [6, 6.07) is 8.90. The van der Waals surface area contributed by atoms with Crippen molar-refractivity contribution in [3.63, 3.8) is 0 Å². The average Bonchev–Trinajstić information content (AvgIpc) is 2.32. The Morgan fingerprint density at radius 1 is 1.29 bits per heavy atom. The van der Waals surface area contributed by atoms with Gasteiger partial charge >= 0.3 is 0 Å². The molecule has 0 atom stereocenters. The first-order valence-electron chi connectivity index (χ1n) is 6.21. The van der Waals surface area contributed by atoms with Crippen molar-refractivity contribution in [2.24, 2.45) is 0 Å². The minimum atomic E-state index is 0.476. The topological polar surface area (TPSA) is 30.5 Å². The average molecular weight is 235 g/mol. The van der Waals surface area contributed by atoms with Gasteiger partial charge in [0.15, 0.2) is 0 Å². The third kappa shape index (κ3) is 3.45. The maximum atomic E-state index is 5.25. The number of ether oxygens (including phenoxy) is 2. The summed E-state index contributed by atoms with van der Waals surface area (Å²) < 4.78 is 10.5. The number of benzene rings is 1. The van der Waals surface area contributed by atoms with Crippen LogP contribution in [-0.4, -0.2) is 32.9 Å². The van der Waals surface area contributed by atoms with Gasteiger partial charge in [-0.15, -0.1) is 0 Å². The van der Waals surface area contributed by atoms with Gasteiger partial charge in [0.25, 0.3) is 0 Å². The van der Waals surface area contributed by atoms with Crippen molar-refractivity contribution in [3.8, 4) is 5.75 Å². The lowest BCUT2D eigenvalue weighted by Gasteiger charge is -2.34. The van der Waals surface area contributed by atoms with Gasteiger partial charge in [0, 0.05) is 13.2 Å². The molecule has 3 heteroatoms. The lowest BCUT2D eigenvalue weighted by atomic mass is 9.89. The van der Waals surface area contributed by atoms with Crippen LogP contribution >= 0.6 is 0 Å². The third-order valence-electron chi connectivity index (χ3n) is 3.41. The fraction of sp³-hybridized carbons (Fsp3) is 0.571. The summed E-state index contributed by atoms with van der Waals surface area (Å²) in [6.45, 7) is 1.02. The molecule has 1 N–H and O–H groups in total. The Hall–Kier alpha value is -1.06. The van der Waals surface area contributed by atoms with Crippen molar-refractivity contribution < 1.29 is 9.47 Å². The molecule has 1 aromatic rings. The van der Waals surface area contributed by atoms with Gasteiger partial charge in [-0.3, -0.25) is 0 Å². The Balaban J connectivity index is 1.68. The molecule has 0 aliphatic heterocycles. The largest absolute Gasteiger partial charge is 0.497 e. The van der Waals surface area contributed by atoms with E-state index in [0.29, 0.717) is 12.1 Å². The van der Waals surface area contributed by atoms with Crippen molar-refractivity contribution in [1.29, 1.82) is 0 Å². The van der Waals surface area contributed by atoms with E-state index >= 15 is 0 Å². The smallest absolute Gasteiger partial charge is 0.119 e. The van der Waals surface area contributed by atoms with Crippen LogP contribution in [0.5, 0.6) is 5.75 Å². The molecule has 1 aliphatic carbocycles. The summed E-state index contributed by atoms with van der Waals surface area (Å²) in [5, 5.41) is 3.55. The number of rotatable bonds is 6. The number of methoxy groups -OCH3 is 2. The minimum Gasteiger partial charge on any atom is -0.497 e. The van der Waals surface area contributed by atoms with Gasteiger partial charge in [-0.2, -0.15) is 0 Å². The van der Waals surface area contributed by atoms with E-state index in [0.717, 1.165) is 31.6 Å². The summed E-state index contributed by atoms with van der Waals surface area (Å²) in [5.74, 6) is 0.936. The molecule has 1 saturated carbocycles. The summed E-state index contributed by atoms with van der Waals surface area (Å²) in [5.41, 5.74) is 1.32. The molecule has 0 heterocycles. The molecule has 0 saturated heterocycles. The molecule has 0 spiro atoms. The molecule has 0 amide bonds. The van der Waals surface area contributed by atoms with Crippen LogP contribution in [0.25, 0.3) is 0 Å². The minimum absolute atomic E-state index is 0.476. The van der Waals surface area contributed by atoms with E-state index in [2.05, 4.69) is 17.4 Å². The van der Waals surface area contributed by atoms with Gasteiger partial charge in [-0.25, -0.2) is 0 Å². The van der Waals surface area contributed by atoms with Crippen molar-refractivity contribution >= 4 is 0 Å². The second-order valence-electron chi connectivity index (χ2n) is 4.58. The normalized spacial score (nSPS) is 23.2. The van der Waals surface area contributed by atoms with Gasteiger partial charge in [-0.05, 0) is 43.5 Å². The van der Waals surface area contributed by atoms with Gasteiger partial charge in [0.2, 0.25) is 0 Å². The molecule has 17 heavy (non-hydrogen) atoms. The molecule has 0 unspecified atom stereocenters. The number of hydrogen-bond donors (Lipinski definition) is 1. The molecule has 2 rings (SSSR count). The van der Waals surface area contributed by atoms with Crippen molar-refractivity contribution in [3.05, 3.63) is 29.8 Å². The zero-order valence-electron chi connectivity index (χ0n) is 10.6. The first kappa shape index (κ1) is 12.4. The van der Waals surface area contributed by atoms with E-state index in [1.54, 1.807) is 14.2 Å². The predicted molar refractivity (Wildman–Crippen MR) is 68.5 cm³/mol.